The molecule has 4 rings (SSSR count). The second kappa shape index (κ2) is 5.15. The molecule has 0 spiro atoms. The maximum Gasteiger partial charge on any atom is 0.181 e. The number of hydrogen-bond acceptors (Lipinski definition) is 3. The summed E-state index contributed by atoms with van der Waals surface area (Å²) in [5, 5.41) is 0. The van der Waals surface area contributed by atoms with Crippen molar-refractivity contribution in [3.05, 3.63) is 60.6 Å². The topological polar surface area (TPSA) is 54.7 Å². The molecule has 0 saturated heterocycles. The predicted molar refractivity (Wildman–Crippen MR) is 86.4 cm³/mol. The van der Waals surface area contributed by atoms with Gasteiger partial charge in [-0.25, -0.2) is 9.97 Å². The maximum absolute atomic E-state index is 5.27. The number of benzene rings is 2. The first kappa shape index (κ1) is 12.8. The number of imidazole rings is 1. The zero-order chi connectivity index (χ0) is 14.9. The molecule has 0 aliphatic rings. The highest BCUT2D eigenvalue weighted by Crippen LogP contribution is 2.25. The highest BCUT2D eigenvalue weighted by atomic mass is 16.3. The summed E-state index contributed by atoms with van der Waals surface area (Å²) in [4.78, 5) is 12.1. The second-order valence-electron chi connectivity index (χ2n) is 5.23. The molecule has 0 saturated carbocycles. The van der Waals surface area contributed by atoms with Gasteiger partial charge in [-0.2, -0.15) is 0 Å². The molecule has 22 heavy (non-hydrogen) atoms. The monoisotopic (exact) mass is 289 g/mol. The summed E-state index contributed by atoms with van der Waals surface area (Å²) >= 11 is 0. The van der Waals surface area contributed by atoms with E-state index in [9.17, 15) is 0 Å². The summed E-state index contributed by atoms with van der Waals surface area (Å²) in [7, 11) is 0. The van der Waals surface area contributed by atoms with Crippen molar-refractivity contribution in [3.63, 3.8) is 0 Å². The molecule has 2 aromatic carbocycles. The molecule has 0 amide bonds. The summed E-state index contributed by atoms with van der Waals surface area (Å²) in [5.41, 5.74) is 6.07. The minimum absolute atomic E-state index is 0.791. The summed E-state index contributed by atoms with van der Waals surface area (Å²) < 4.78 is 5.27. The Kier molecular flexibility index (Phi) is 3.00. The number of fused-ring (bicyclic) bond motifs is 1. The highest BCUT2D eigenvalue weighted by Gasteiger charge is 2.08. The zero-order valence-electron chi connectivity index (χ0n) is 12.2. The smallest absolute Gasteiger partial charge is 0.181 e. The Hall–Kier alpha value is -2.88. The van der Waals surface area contributed by atoms with Gasteiger partial charge in [0.1, 0.15) is 11.3 Å². The van der Waals surface area contributed by atoms with Crippen LogP contribution < -0.4 is 0 Å². The van der Waals surface area contributed by atoms with E-state index in [0.717, 1.165) is 40.2 Å². The normalized spacial score (nSPS) is 11.1. The number of aromatic amines is 1. The number of nitrogens with zero attached hydrogens (tertiary/aromatic N) is 2. The van der Waals surface area contributed by atoms with Crippen LogP contribution in [0.15, 0.2) is 59.5 Å². The highest BCUT2D eigenvalue weighted by molar-refractivity contribution is 5.79. The zero-order valence-corrected chi connectivity index (χ0v) is 12.2. The largest absolute Gasteiger partial charge is 0.443 e. The van der Waals surface area contributed by atoms with Gasteiger partial charge < -0.3 is 9.40 Å². The summed E-state index contributed by atoms with van der Waals surface area (Å²) in [6.07, 6.45) is 4.34. The minimum Gasteiger partial charge on any atom is -0.443 e. The lowest BCUT2D eigenvalue weighted by Gasteiger charge is -2.01. The van der Waals surface area contributed by atoms with E-state index >= 15 is 0 Å². The van der Waals surface area contributed by atoms with Gasteiger partial charge in [-0.05, 0) is 36.2 Å². The third-order valence-corrected chi connectivity index (χ3v) is 3.83. The third-order valence-electron chi connectivity index (χ3n) is 3.83. The number of H-pyrrole nitrogens is 1. The first-order valence-electron chi connectivity index (χ1n) is 7.31. The number of hydrogen-bond donors (Lipinski definition) is 1. The van der Waals surface area contributed by atoms with E-state index < -0.39 is 0 Å². The Morgan fingerprint density at radius 2 is 2.00 bits per heavy atom. The van der Waals surface area contributed by atoms with Crippen molar-refractivity contribution in [3.8, 4) is 22.6 Å². The molecule has 0 atom stereocenters. The molecule has 4 nitrogen and oxygen atoms in total. The van der Waals surface area contributed by atoms with Gasteiger partial charge in [0.05, 0.1) is 11.9 Å². The van der Waals surface area contributed by atoms with E-state index in [0.29, 0.717) is 0 Å². The molecular formula is C18H15N3O. The van der Waals surface area contributed by atoms with Crippen LogP contribution in [0.5, 0.6) is 0 Å². The van der Waals surface area contributed by atoms with Gasteiger partial charge in [-0.15, -0.1) is 0 Å². The quantitative estimate of drug-likeness (QED) is 0.606. The summed E-state index contributed by atoms with van der Waals surface area (Å²) in [6, 6.07) is 14.4. The van der Waals surface area contributed by atoms with Crippen LogP contribution in [-0.4, -0.2) is 15.0 Å². The number of nitrogens with one attached hydrogen (secondary N) is 1. The van der Waals surface area contributed by atoms with Crippen LogP contribution in [0.4, 0.5) is 0 Å². The van der Waals surface area contributed by atoms with Crippen molar-refractivity contribution in [2.24, 2.45) is 0 Å². The van der Waals surface area contributed by atoms with E-state index in [1.165, 1.54) is 12.0 Å². The SMILES string of the molecule is CCc1cccc(-c2ncc(-c3ccc4ocnc4c3)[nH]2)c1. The van der Waals surface area contributed by atoms with Gasteiger partial charge in [0.15, 0.2) is 12.0 Å². The van der Waals surface area contributed by atoms with E-state index in [1.807, 2.05) is 24.4 Å². The number of oxazole rings is 1. The molecule has 108 valence electrons. The van der Waals surface area contributed by atoms with Gasteiger partial charge in [-0.3, -0.25) is 0 Å². The number of rotatable bonds is 3. The van der Waals surface area contributed by atoms with Crippen molar-refractivity contribution >= 4 is 11.1 Å². The molecule has 0 aliphatic heterocycles. The average molecular weight is 289 g/mol. The molecule has 1 N–H and O–H groups in total. The van der Waals surface area contributed by atoms with E-state index in [4.69, 9.17) is 4.42 Å². The maximum atomic E-state index is 5.27. The first-order chi connectivity index (χ1) is 10.8. The van der Waals surface area contributed by atoms with Gasteiger partial charge in [0.25, 0.3) is 0 Å². The van der Waals surface area contributed by atoms with Gasteiger partial charge in [-0.1, -0.05) is 25.1 Å². The molecule has 0 unspecified atom stereocenters. The van der Waals surface area contributed by atoms with Crippen molar-refractivity contribution in [1.82, 2.24) is 15.0 Å². The fourth-order valence-corrected chi connectivity index (χ4v) is 2.58. The lowest BCUT2D eigenvalue weighted by atomic mass is 10.1. The lowest BCUT2D eigenvalue weighted by molar-refractivity contribution is 0.602. The standard InChI is InChI=1S/C18H15N3O/c1-2-12-4-3-5-14(8-12)18-19-10-16(21-18)13-6-7-17-15(9-13)20-11-22-17/h3-11H,2H2,1H3,(H,19,21). The Morgan fingerprint density at radius 3 is 2.91 bits per heavy atom. The molecular weight excluding hydrogens is 274 g/mol. The van der Waals surface area contributed by atoms with Crippen LogP contribution in [0.3, 0.4) is 0 Å². The molecule has 4 heteroatoms. The Bertz CT molecular complexity index is 936. The minimum atomic E-state index is 0.791. The summed E-state index contributed by atoms with van der Waals surface area (Å²) in [5.74, 6) is 0.880. The van der Waals surface area contributed by atoms with Crippen LogP contribution in [0.25, 0.3) is 33.7 Å². The number of aromatic nitrogens is 3. The van der Waals surface area contributed by atoms with Gasteiger partial charge in [0, 0.05) is 11.1 Å². The van der Waals surface area contributed by atoms with Crippen molar-refractivity contribution in [2.45, 2.75) is 13.3 Å². The van der Waals surface area contributed by atoms with Crippen LogP contribution >= 0.6 is 0 Å². The van der Waals surface area contributed by atoms with Gasteiger partial charge in [0.2, 0.25) is 0 Å². The molecule has 0 fully saturated rings. The van der Waals surface area contributed by atoms with Crippen LogP contribution in [0, 0.1) is 0 Å². The molecule has 4 aromatic rings. The fraction of sp³-hybridized carbons (Fsp3) is 0.111. The van der Waals surface area contributed by atoms with Gasteiger partial charge >= 0.3 is 0 Å². The molecule has 0 radical (unpaired) electrons. The Balaban J connectivity index is 1.73. The van der Waals surface area contributed by atoms with Crippen molar-refractivity contribution in [2.75, 3.05) is 0 Å². The van der Waals surface area contributed by atoms with E-state index in [-0.39, 0.29) is 0 Å². The fourth-order valence-electron chi connectivity index (χ4n) is 2.58. The predicted octanol–water partition coefficient (Wildman–Crippen LogP) is 4.45. The molecule has 2 aromatic heterocycles. The van der Waals surface area contributed by atoms with E-state index in [1.54, 1.807) is 0 Å². The Labute approximate surface area is 127 Å². The second-order valence-corrected chi connectivity index (χ2v) is 5.23. The first-order valence-corrected chi connectivity index (χ1v) is 7.31. The van der Waals surface area contributed by atoms with Crippen molar-refractivity contribution < 1.29 is 4.42 Å². The molecule has 2 heterocycles. The summed E-state index contributed by atoms with van der Waals surface area (Å²) in [6.45, 7) is 2.15. The van der Waals surface area contributed by atoms with Crippen LogP contribution in [0.1, 0.15) is 12.5 Å². The Morgan fingerprint density at radius 1 is 1.05 bits per heavy atom. The molecule has 0 aliphatic carbocycles. The van der Waals surface area contributed by atoms with Crippen LogP contribution in [-0.2, 0) is 6.42 Å². The number of aryl methyl sites for hydroxylation is 1. The average Bonchev–Trinajstić information content (AvgIpc) is 3.23. The third kappa shape index (κ3) is 2.19. The molecule has 0 bridgehead atoms. The van der Waals surface area contributed by atoms with Crippen molar-refractivity contribution in [1.29, 1.82) is 0 Å². The lowest BCUT2D eigenvalue weighted by Crippen LogP contribution is -1.84. The van der Waals surface area contributed by atoms with E-state index in [2.05, 4.69) is 46.1 Å². The van der Waals surface area contributed by atoms with Crippen LogP contribution in [0.2, 0.25) is 0 Å².